The van der Waals surface area contributed by atoms with Gasteiger partial charge in [-0.25, -0.2) is 4.79 Å². The zero-order valence-electron chi connectivity index (χ0n) is 18.4. The summed E-state index contributed by atoms with van der Waals surface area (Å²) in [7, 11) is 0. The molecule has 0 bridgehead atoms. The lowest BCUT2D eigenvalue weighted by Crippen LogP contribution is -2.01. The summed E-state index contributed by atoms with van der Waals surface area (Å²) in [5.41, 5.74) is 3.59. The van der Waals surface area contributed by atoms with E-state index >= 15 is 0 Å². The summed E-state index contributed by atoms with van der Waals surface area (Å²) in [6.07, 6.45) is 15.0. The number of esters is 1. The molecule has 162 valence electrons. The van der Waals surface area contributed by atoms with E-state index in [-0.39, 0.29) is 5.97 Å². The predicted molar refractivity (Wildman–Crippen MR) is 128 cm³/mol. The molecule has 0 atom stereocenters. The molecule has 0 heterocycles. The second-order valence-corrected chi connectivity index (χ2v) is 7.70. The maximum atomic E-state index is 11.3. The van der Waals surface area contributed by atoms with E-state index in [1.807, 2.05) is 12.1 Å². The van der Waals surface area contributed by atoms with Crippen LogP contribution in [0.2, 0.25) is 0 Å². The van der Waals surface area contributed by atoms with Crippen LogP contribution in [-0.2, 0) is 16.0 Å². The quantitative estimate of drug-likeness (QED) is 0.195. The Morgan fingerprint density at radius 2 is 1.47 bits per heavy atom. The monoisotopic (exact) mass is 407 g/mol. The van der Waals surface area contributed by atoms with Crippen molar-refractivity contribution in [1.82, 2.24) is 0 Å². The van der Waals surface area contributed by atoms with E-state index in [4.69, 9.17) is 4.74 Å². The lowest BCUT2D eigenvalue weighted by atomic mass is 10.0. The molecule has 0 aliphatic heterocycles. The van der Waals surface area contributed by atoms with Crippen molar-refractivity contribution in [2.24, 2.45) is 0 Å². The van der Waals surface area contributed by atoms with Crippen molar-refractivity contribution in [3.63, 3.8) is 0 Å². The molecule has 0 fully saturated rings. The normalized spacial score (nSPS) is 11.0. The van der Waals surface area contributed by atoms with Crippen molar-refractivity contribution in [3.8, 4) is 0 Å². The van der Waals surface area contributed by atoms with Gasteiger partial charge in [-0.3, -0.25) is 0 Å². The van der Waals surface area contributed by atoms with Gasteiger partial charge in [0, 0.05) is 18.3 Å². The van der Waals surface area contributed by atoms with Crippen LogP contribution in [0.5, 0.6) is 0 Å². The first kappa shape index (κ1) is 23.7. The van der Waals surface area contributed by atoms with E-state index < -0.39 is 0 Å². The van der Waals surface area contributed by atoms with Gasteiger partial charge in [-0.05, 0) is 55.5 Å². The van der Waals surface area contributed by atoms with Crippen molar-refractivity contribution < 1.29 is 9.53 Å². The summed E-state index contributed by atoms with van der Waals surface area (Å²) < 4.78 is 4.88. The second kappa shape index (κ2) is 15.3. The minimum Gasteiger partial charge on any atom is -0.463 e. The number of anilines is 1. The van der Waals surface area contributed by atoms with Crippen LogP contribution >= 0.6 is 0 Å². The first-order valence-electron chi connectivity index (χ1n) is 11.5. The molecule has 0 unspecified atom stereocenters. The minimum absolute atomic E-state index is 0.299. The molecular weight excluding hydrogens is 370 g/mol. The molecular formula is C27H37NO2. The van der Waals surface area contributed by atoms with Crippen molar-refractivity contribution in [2.75, 3.05) is 18.5 Å². The maximum Gasteiger partial charge on any atom is 0.330 e. The number of aryl methyl sites for hydroxylation is 1. The van der Waals surface area contributed by atoms with Gasteiger partial charge in [0.25, 0.3) is 0 Å². The molecule has 3 nitrogen and oxygen atoms in total. The van der Waals surface area contributed by atoms with Gasteiger partial charge < -0.3 is 10.1 Å². The third-order valence-corrected chi connectivity index (χ3v) is 5.17. The van der Waals surface area contributed by atoms with Crippen molar-refractivity contribution in [1.29, 1.82) is 0 Å². The molecule has 2 rings (SSSR count). The molecule has 0 saturated heterocycles. The Hall–Kier alpha value is -2.55. The number of ether oxygens (including phenoxy) is 1. The zero-order valence-corrected chi connectivity index (χ0v) is 18.4. The Labute approximate surface area is 182 Å². The smallest absolute Gasteiger partial charge is 0.330 e. The van der Waals surface area contributed by atoms with Crippen LogP contribution in [-0.4, -0.2) is 19.1 Å². The second-order valence-electron chi connectivity index (χ2n) is 7.70. The topological polar surface area (TPSA) is 38.3 Å². The summed E-state index contributed by atoms with van der Waals surface area (Å²) in [4.78, 5) is 11.3. The Balaban J connectivity index is 1.43. The number of benzene rings is 2. The third kappa shape index (κ3) is 10.8. The summed E-state index contributed by atoms with van der Waals surface area (Å²) in [5.74, 6) is -0.299. The minimum atomic E-state index is -0.299. The van der Waals surface area contributed by atoms with Gasteiger partial charge in [0.15, 0.2) is 0 Å². The van der Waals surface area contributed by atoms with Gasteiger partial charge in [0.2, 0.25) is 0 Å². The number of hydrogen-bond acceptors (Lipinski definition) is 3. The van der Waals surface area contributed by atoms with Crippen LogP contribution < -0.4 is 5.32 Å². The predicted octanol–water partition coefficient (Wildman–Crippen LogP) is 7.04. The van der Waals surface area contributed by atoms with Crippen molar-refractivity contribution in [3.05, 3.63) is 71.8 Å². The van der Waals surface area contributed by atoms with Gasteiger partial charge in [0.1, 0.15) is 0 Å². The standard InChI is InChI=1S/C27H37NO2/c1-2-30-27(29)22-19-25-17-20-26(21-18-25)28-23-13-8-6-4-3-5-7-10-14-24-15-11-9-12-16-24/h9,11-12,15-22,28H,2-8,10,13-14,23H2,1H3/b22-19+. The fourth-order valence-electron chi connectivity index (χ4n) is 3.46. The number of carbonyl (C=O) groups excluding carboxylic acids is 1. The molecule has 2 aromatic carbocycles. The number of carbonyl (C=O) groups is 1. The van der Waals surface area contributed by atoms with E-state index in [0.717, 1.165) is 17.8 Å². The molecule has 0 spiro atoms. The van der Waals surface area contributed by atoms with Gasteiger partial charge in [-0.2, -0.15) is 0 Å². The average Bonchev–Trinajstić information content (AvgIpc) is 2.78. The Morgan fingerprint density at radius 1 is 0.833 bits per heavy atom. The fourth-order valence-corrected chi connectivity index (χ4v) is 3.46. The molecule has 3 heteroatoms. The fraction of sp³-hybridized carbons (Fsp3) is 0.444. The summed E-state index contributed by atoms with van der Waals surface area (Å²) in [6.45, 7) is 3.22. The molecule has 2 aromatic rings. The van der Waals surface area contributed by atoms with Crippen LogP contribution in [0.1, 0.15) is 69.4 Å². The van der Waals surface area contributed by atoms with Crippen molar-refractivity contribution >= 4 is 17.7 Å². The van der Waals surface area contributed by atoms with Crippen LogP contribution in [0, 0.1) is 0 Å². The number of hydrogen-bond donors (Lipinski definition) is 1. The summed E-state index contributed by atoms with van der Waals surface area (Å²) in [6, 6.07) is 18.9. The maximum absolute atomic E-state index is 11.3. The molecule has 0 aliphatic carbocycles. The van der Waals surface area contributed by atoms with Crippen LogP contribution in [0.3, 0.4) is 0 Å². The SMILES string of the molecule is CCOC(=O)/C=C/c1ccc(NCCCCCCCCCCc2ccccc2)cc1. The van der Waals surface area contributed by atoms with Gasteiger partial charge in [0.05, 0.1) is 6.61 Å². The number of nitrogens with one attached hydrogen (secondary N) is 1. The zero-order chi connectivity index (χ0) is 21.3. The van der Waals surface area contributed by atoms with Crippen LogP contribution in [0.15, 0.2) is 60.7 Å². The van der Waals surface area contributed by atoms with Gasteiger partial charge in [-0.15, -0.1) is 0 Å². The molecule has 0 amide bonds. The first-order chi connectivity index (χ1) is 14.8. The molecule has 30 heavy (non-hydrogen) atoms. The van der Waals surface area contributed by atoms with E-state index in [1.165, 1.54) is 69.4 Å². The third-order valence-electron chi connectivity index (χ3n) is 5.17. The Morgan fingerprint density at radius 3 is 2.13 bits per heavy atom. The number of unbranched alkanes of at least 4 members (excludes halogenated alkanes) is 7. The van der Waals surface area contributed by atoms with E-state index in [2.05, 4.69) is 47.8 Å². The summed E-state index contributed by atoms with van der Waals surface area (Å²) in [5, 5.41) is 3.48. The summed E-state index contributed by atoms with van der Waals surface area (Å²) >= 11 is 0. The largest absolute Gasteiger partial charge is 0.463 e. The lowest BCUT2D eigenvalue weighted by molar-refractivity contribution is -0.137. The molecule has 0 radical (unpaired) electrons. The van der Waals surface area contributed by atoms with E-state index in [1.54, 1.807) is 13.0 Å². The highest BCUT2D eigenvalue weighted by molar-refractivity contribution is 5.87. The molecule has 1 N–H and O–H groups in total. The molecule has 0 aromatic heterocycles. The van der Waals surface area contributed by atoms with E-state index in [9.17, 15) is 4.79 Å². The first-order valence-corrected chi connectivity index (χ1v) is 11.5. The molecule has 0 aliphatic rings. The lowest BCUT2D eigenvalue weighted by Gasteiger charge is -2.07. The average molecular weight is 408 g/mol. The van der Waals surface area contributed by atoms with Gasteiger partial charge in [-0.1, -0.05) is 81.0 Å². The van der Waals surface area contributed by atoms with Gasteiger partial charge >= 0.3 is 5.97 Å². The van der Waals surface area contributed by atoms with Crippen LogP contribution in [0.25, 0.3) is 6.08 Å². The molecule has 0 saturated carbocycles. The van der Waals surface area contributed by atoms with Crippen molar-refractivity contribution in [2.45, 2.75) is 64.7 Å². The Bertz CT molecular complexity index is 722. The van der Waals surface area contributed by atoms with E-state index in [0.29, 0.717) is 6.61 Å². The number of rotatable bonds is 15. The highest BCUT2D eigenvalue weighted by Gasteiger charge is 1.97. The highest BCUT2D eigenvalue weighted by atomic mass is 16.5. The van der Waals surface area contributed by atoms with Crippen LogP contribution in [0.4, 0.5) is 5.69 Å². The Kier molecular flexibility index (Phi) is 12.1. The highest BCUT2D eigenvalue weighted by Crippen LogP contribution is 2.13.